The molecule has 3 aromatic carbocycles. The number of aromatic nitrogens is 3. The zero-order valence-corrected chi connectivity index (χ0v) is 26.0. The molecular formula is C33H37N5O4S. The first-order valence-electron chi connectivity index (χ1n) is 14.0. The molecule has 5 rings (SSSR count). The maximum Gasteiger partial charge on any atom is 0.188 e. The van der Waals surface area contributed by atoms with Crippen LogP contribution in [0.1, 0.15) is 23.6 Å². The summed E-state index contributed by atoms with van der Waals surface area (Å²) in [6.45, 7) is 3.30. The standard InChI is InChI=1S/C33H37N5O4S/c1-6-25-15-32(43(5,40)22-39)34-18-29(25)36-26-16-30-33(35-21-37(30)2)31(17-26)38(19-23-7-11-27(41-3)12-8-23)20-24-9-13-28(42-4)14-10-24/h7-18,21-22,36,43H,6,19-20H2,1-5H3. The quantitative estimate of drug-likeness (QED) is 0.139. The number of hydrogen-bond acceptors (Lipinski definition) is 8. The summed E-state index contributed by atoms with van der Waals surface area (Å²) in [4.78, 5) is 22.9. The lowest BCUT2D eigenvalue weighted by atomic mass is 10.1. The van der Waals surface area contributed by atoms with E-state index in [9.17, 15) is 9.00 Å². The van der Waals surface area contributed by atoms with E-state index >= 15 is 0 Å². The van der Waals surface area contributed by atoms with Gasteiger partial charge >= 0.3 is 0 Å². The summed E-state index contributed by atoms with van der Waals surface area (Å²) in [5.74, 6) is 1.62. The van der Waals surface area contributed by atoms with Crippen molar-refractivity contribution in [3.63, 3.8) is 0 Å². The molecule has 0 radical (unpaired) electrons. The number of carbonyl (C=O) groups is 1. The molecule has 0 bridgehead atoms. The Bertz CT molecular complexity index is 1730. The summed E-state index contributed by atoms with van der Waals surface area (Å²) in [6, 6.07) is 22.1. The highest BCUT2D eigenvalue weighted by Gasteiger charge is 2.19. The second-order valence-corrected chi connectivity index (χ2v) is 13.2. The van der Waals surface area contributed by atoms with Crippen LogP contribution < -0.4 is 19.7 Å². The molecule has 9 nitrogen and oxygen atoms in total. The fourth-order valence-electron chi connectivity index (χ4n) is 5.00. The Morgan fingerprint density at radius 1 is 0.930 bits per heavy atom. The van der Waals surface area contributed by atoms with E-state index in [1.54, 1.807) is 26.5 Å². The predicted octanol–water partition coefficient (Wildman–Crippen LogP) is 5.69. The van der Waals surface area contributed by atoms with Gasteiger partial charge in [0.05, 0.1) is 43.6 Å². The minimum Gasteiger partial charge on any atom is -0.497 e. The molecule has 0 amide bonds. The molecule has 43 heavy (non-hydrogen) atoms. The van der Waals surface area contributed by atoms with Crippen LogP contribution in [0.4, 0.5) is 17.1 Å². The molecule has 0 aliphatic rings. The number of rotatable bonds is 12. The number of anilines is 3. The summed E-state index contributed by atoms with van der Waals surface area (Å²) in [5, 5.41) is 3.86. The average Bonchev–Trinajstić information content (AvgIpc) is 3.41. The zero-order valence-electron chi connectivity index (χ0n) is 25.1. The van der Waals surface area contributed by atoms with Crippen LogP contribution >= 0.6 is 0 Å². The van der Waals surface area contributed by atoms with Gasteiger partial charge in [-0.1, -0.05) is 31.2 Å². The third-order valence-corrected chi connectivity index (χ3v) is 9.06. The lowest BCUT2D eigenvalue weighted by Crippen LogP contribution is -2.22. The van der Waals surface area contributed by atoms with Crippen molar-refractivity contribution >= 4 is 43.6 Å². The molecular weight excluding hydrogens is 562 g/mol. The van der Waals surface area contributed by atoms with Crippen molar-refractivity contribution in [2.75, 3.05) is 30.7 Å². The van der Waals surface area contributed by atoms with Crippen molar-refractivity contribution < 1.29 is 18.5 Å². The molecule has 10 heteroatoms. The van der Waals surface area contributed by atoms with Crippen LogP contribution in [0.5, 0.6) is 11.5 Å². The molecule has 0 aliphatic heterocycles. The summed E-state index contributed by atoms with van der Waals surface area (Å²) in [7, 11) is 2.16. The van der Waals surface area contributed by atoms with Crippen LogP contribution in [0.25, 0.3) is 11.0 Å². The smallest absolute Gasteiger partial charge is 0.188 e. The number of thiol groups is 1. The highest BCUT2D eigenvalue weighted by molar-refractivity contribution is 8.14. The summed E-state index contributed by atoms with van der Waals surface area (Å²) < 4.78 is 25.4. The van der Waals surface area contributed by atoms with Crippen LogP contribution in [0.3, 0.4) is 0 Å². The number of carbonyl (C=O) groups excluding carboxylic acids is 1. The number of aryl methyl sites for hydroxylation is 2. The van der Waals surface area contributed by atoms with Crippen molar-refractivity contribution in [2.24, 2.45) is 7.05 Å². The van der Waals surface area contributed by atoms with Gasteiger partial charge in [0.2, 0.25) is 0 Å². The first kappa shape index (κ1) is 29.8. The Balaban J connectivity index is 1.58. The largest absolute Gasteiger partial charge is 0.497 e. The Morgan fingerprint density at radius 2 is 1.53 bits per heavy atom. The van der Waals surface area contributed by atoms with E-state index in [4.69, 9.17) is 14.5 Å². The van der Waals surface area contributed by atoms with Gasteiger partial charge in [-0.15, -0.1) is 0 Å². The van der Waals surface area contributed by atoms with E-state index < -0.39 is 9.93 Å². The van der Waals surface area contributed by atoms with Gasteiger partial charge in [0, 0.05) is 32.1 Å². The molecule has 1 N–H and O–H groups in total. The van der Waals surface area contributed by atoms with Crippen LogP contribution in [-0.2, 0) is 41.3 Å². The van der Waals surface area contributed by atoms with Gasteiger partial charge in [0.1, 0.15) is 22.0 Å². The number of pyridine rings is 1. The number of fused-ring (bicyclic) bond motifs is 1. The Labute approximate surface area is 252 Å². The van der Waals surface area contributed by atoms with E-state index in [0.29, 0.717) is 30.2 Å². The first-order chi connectivity index (χ1) is 20.7. The van der Waals surface area contributed by atoms with Gasteiger partial charge in [-0.3, -0.25) is 9.00 Å². The fraction of sp³-hybridized carbons (Fsp3) is 0.242. The van der Waals surface area contributed by atoms with Crippen molar-refractivity contribution in [2.45, 2.75) is 31.5 Å². The predicted molar refractivity (Wildman–Crippen MR) is 174 cm³/mol. The molecule has 224 valence electrons. The minimum atomic E-state index is -3.15. The van der Waals surface area contributed by atoms with Crippen molar-refractivity contribution in [3.05, 3.63) is 95.9 Å². The lowest BCUT2D eigenvalue weighted by molar-refractivity contribution is 0.414. The molecule has 2 aromatic heterocycles. The van der Waals surface area contributed by atoms with Gasteiger partial charge in [-0.05, 0) is 75.5 Å². The highest BCUT2D eigenvalue weighted by atomic mass is 32.2. The van der Waals surface area contributed by atoms with E-state index in [0.717, 1.165) is 56.3 Å². The number of methoxy groups -OCH3 is 2. The first-order valence-corrected chi connectivity index (χ1v) is 16.2. The third-order valence-electron chi connectivity index (χ3n) is 7.51. The van der Waals surface area contributed by atoms with E-state index in [1.807, 2.05) is 49.1 Å². The fourth-order valence-corrected chi connectivity index (χ4v) is 5.80. The average molecular weight is 600 g/mol. The van der Waals surface area contributed by atoms with Crippen LogP contribution in [0.15, 0.2) is 84.3 Å². The number of nitrogens with zero attached hydrogens (tertiary/aromatic N) is 4. The number of benzene rings is 3. The summed E-state index contributed by atoms with van der Waals surface area (Å²) in [5.41, 5.74) is 8.16. The molecule has 0 saturated heterocycles. The van der Waals surface area contributed by atoms with Crippen LogP contribution in [0, 0.1) is 0 Å². The molecule has 0 atom stereocenters. The summed E-state index contributed by atoms with van der Waals surface area (Å²) >= 11 is 0. The van der Waals surface area contributed by atoms with Gasteiger partial charge in [0.25, 0.3) is 0 Å². The van der Waals surface area contributed by atoms with Crippen LogP contribution in [-0.4, -0.2) is 44.8 Å². The van der Waals surface area contributed by atoms with Crippen LogP contribution in [0.2, 0.25) is 0 Å². The van der Waals surface area contributed by atoms with E-state index in [2.05, 4.69) is 51.6 Å². The molecule has 0 unspecified atom stereocenters. The second kappa shape index (κ2) is 12.7. The lowest BCUT2D eigenvalue weighted by Gasteiger charge is -2.27. The SMILES string of the molecule is CCc1cc([SH](C)(=O)C=O)ncc1Nc1cc(N(Cc2ccc(OC)cc2)Cc2ccc(OC)cc2)c2ncn(C)c2c1. The van der Waals surface area contributed by atoms with Gasteiger partial charge in [-0.2, -0.15) is 0 Å². The van der Waals surface area contributed by atoms with Gasteiger partial charge in [0.15, 0.2) is 5.62 Å². The molecule has 0 aliphatic carbocycles. The minimum absolute atomic E-state index is 0.317. The topological polar surface area (TPSA) is 98.6 Å². The highest BCUT2D eigenvalue weighted by Crippen LogP contribution is 2.34. The van der Waals surface area contributed by atoms with E-state index in [-0.39, 0.29) is 0 Å². The second-order valence-electron chi connectivity index (χ2n) is 10.5. The third kappa shape index (κ3) is 6.54. The molecule has 0 saturated carbocycles. The monoisotopic (exact) mass is 599 g/mol. The number of nitrogens with one attached hydrogen (secondary N) is 1. The summed E-state index contributed by atoms with van der Waals surface area (Å²) in [6.07, 6.45) is 5.60. The molecule has 0 spiro atoms. The van der Waals surface area contributed by atoms with Crippen molar-refractivity contribution in [1.82, 2.24) is 14.5 Å². The zero-order chi connectivity index (χ0) is 30.6. The maximum absolute atomic E-state index is 12.7. The number of hydrogen-bond donors (Lipinski definition) is 2. The number of ether oxygens (including phenoxy) is 2. The van der Waals surface area contributed by atoms with E-state index in [1.165, 1.54) is 6.26 Å². The molecule has 0 fully saturated rings. The maximum atomic E-state index is 12.7. The Hall–Kier alpha value is -4.70. The normalized spacial score (nSPS) is 11.7. The van der Waals surface area contributed by atoms with Crippen molar-refractivity contribution in [3.8, 4) is 11.5 Å². The van der Waals surface area contributed by atoms with Crippen molar-refractivity contribution in [1.29, 1.82) is 0 Å². The molecule has 2 heterocycles. The van der Waals surface area contributed by atoms with Gasteiger partial charge in [-0.25, -0.2) is 9.97 Å². The number of imidazole rings is 1. The molecule has 5 aromatic rings. The Kier molecular flexibility index (Phi) is 8.77. The Morgan fingerprint density at radius 3 is 2.07 bits per heavy atom. The van der Waals surface area contributed by atoms with Gasteiger partial charge < -0.3 is 24.3 Å².